The Morgan fingerprint density at radius 2 is 1.49 bits per heavy atom. The van der Waals surface area contributed by atoms with Gasteiger partial charge in [-0.25, -0.2) is 9.59 Å². The maximum atomic E-state index is 14.7. The van der Waals surface area contributed by atoms with E-state index in [9.17, 15) is 63.0 Å². The van der Waals surface area contributed by atoms with Crippen LogP contribution in [0.4, 0.5) is 58.8 Å². The number of aliphatic carboxylic acids is 1. The first-order valence-corrected chi connectivity index (χ1v) is 14.0. The molecule has 0 fully saturated rings. The van der Waals surface area contributed by atoms with Crippen LogP contribution in [0, 0.1) is 0 Å². The molecule has 18 heteroatoms. The number of alkyl halides is 11. The van der Waals surface area contributed by atoms with Crippen molar-refractivity contribution >= 4 is 17.7 Å². The van der Waals surface area contributed by atoms with Gasteiger partial charge >= 0.3 is 41.9 Å². The van der Waals surface area contributed by atoms with Gasteiger partial charge in [0, 0.05) is 18.7 Å². The third-order valence-corrected chi connectivity index (χ3v) is 7.25. The Kier molecular flexibility index (Phi) is 11.3. The highest BCUT2D eigenvalue weighted by Crippen LogP contribution is 2.57. The number of urea groups is 1. The number of carbonyl (C=O) groups excluding carboxylic acids is 1. The van der Waals surface area contributed by atoms with E-state index in [1.54, 1.807) is 13.0 Å². The van der Waals surface area contributed by atoms with E-state index in [1.165, 1.54) is 36.4 Å². The number of rotatable bonds is 15. The van der Waals surface area contributed by atoms with E-state index in [2.05, 4.69) is 5.32 Å². The smallest absolute Gasteiger partial charge is 0.460 e. The third-order valence-electron chi connectivity index (χ3n) is 7.25. The lowest BCUT2D eigenvalue weighted by molar-refractivity contribution is -0.422. The van der Waals surface area contributed by atoms with E-state index < -0.39 is 67.7 Å². The minimum atomic E-state index is -7.62. The van der Waals surface area contributed by atoms with Crippen molar-refractivity contribution in [3.63, 3.8) is 0 Å². The summed E-state index contributed by atoms with van der Waals surface area (Å²) in [6, 6.07) is 8.16. The van der Waals surface area contributed by atoms with Crippen molar-refractivity contribution in [2.75, 3.05) is 31.6 Å². The molecule has 2 amide bonds. The fourth-order valence-corrected chi connectivity index (χ4v) is 4.68. The molecule has 0 aromatic heterocycles. The molecular weight excluding hydrogens is 665 g/mol. The van der Waals surface area contributed by atoms with Gasteiger partial charge in [-0.3, -0.25) is 0 Å². The zero-order valence-electron chi connectivity index (χ0n) is 24.5. The monoisotopic (exact) mass is 694 g/mol. The van der Waals surface area contributed by atoms with Crippen LogP contribution in [0.3, 0.4) is 0 Å². The Morgan fingerprint density at radius 3 is 2.06 bits per heavy atom. The highest BCUT2D eigenvalue weighted by Gasteiger charge is 2.87. The van der Waals surface area contributed by atoms with Gasteiger partial charge in [0.05, 0.1) is 13.1 Å². The molecule has 2 aromatic rings. The van der Waals surface area contributed by atoms with Gasteiger partial charge in [0.15, 0.2) is 6.10 Å². The molecule has 2 N–H and O–H groups in total. The summed E-state index contributed by atoms with van der Waals surface area (Å²) in [4.78, 5) is 24.0. The summed E-state index contributed by atoms with van der Waals surface area (Å²) in [5.41, 5.74) is 2.12. The first-order chi connectivity index (χ1) is 21.6. The fraction of sp³-hybridized carbons (Fsp3) is 0.517. The van der Waals surface area contributed by atoms with Crippen molar-refractivity contribution in [3.05, 3.63) is 59.2 Å². The lowest BCUT2D eigenvalue weighted by Gasteiger charge is -2.38. The van der Waals surface area contributed by atoms with Crippen LogP contribution in [0.1, 0.15) is 30.0 Å². The second-order valence-corrected chi connectivity index (χ2v) is 10.6. The van der Waals surface area contributed by atoms with Crippen molar-refractivity contribution < 1.29 is 72.5 Å². The molecule has 47 heavy (non-hydrogen) atoms. The minimum Gasteiger partial charge on any atom is -0.492 e. The molecule has 0 radical (unpaired) electrons. The highest BCUT2D eigenvalue weighted by atomic mass is 19.4. The summed E-state index contributed by atoms with van der Waals surface area (Å²) < 4.78 is 160. The van der Waals surface area contributed by atoms with E-state index >= 15 is 0 Å². The maximum Gasteiger partial charge on any atom is 0.460 e. The number of carboxylic acid groups (broad SMARTS) is 1. The van der Waals surface area contributed by atoms with Crippen molar-refractivity contribution in [2.45, 2.75) is 68.6 Å². The molecule has 1 aliphatic carbocycles. The molecule has 3 rings (SSSR count). The topological polar surface area (TPSA) is 88.1 Å². The van der Waals surface area contributed by atoms with E-state index in [0.29, 0.717) is 18.4 Å². The van der Waals surface area contributed by atoms with Crippen LogP contribution >= 0.6 is 0 Å². The number of hydrogen-bond acceptors (Lipinski definition) is 4. The number of ether oxygens (including phenoxy) is 2. The van der Waals surface area contributed by atoms with Crippen molar-refractivity contribution in [3.8, 4) is 5.75 Å². The number of carboxylic acids is 1. The molecular formula is C29H29F11N2O5. The number of halogens is 11. The van der Waals surface area contributed by atoms with Gasteiger partial charge in [-0.2, -0.15) is 48.3 Å². The molecule has 0 saturated heterocycles. The zero-order valence-corrected chi connectivity index (χ0v) is 24.5. The molecule has 0 heterocycles. The van der Waals surface area contributed by atoms with E-state index in [1.807, 2.05) is 0 Å². The standard InChI is InChI=1S/C29H29F11N2O5/c1-2-46-22(23(43)44)14-17-6-10-21(11-7-17)47-13-12-42(24(45)41-20-9-8-18-4-3-5-19(18)15-20)16-25(30,31)26(32,33)27(34,35)28(36,37)29(38,39)40/h6-11,15,22H,2-5,12-14,16H2,1H3,(H,41,45)(H,43,44). The van der Waals surface area contributed by atoms with Crippen molar-refractivity contribution in [1.82, 2.24) is 4.90 Å². The molecule has 262 valence electrons. The molecule has 1 unspecified atom stereocenters. The molecule has 0 spiro atoms. The summed E-state index contributed by atoms with van der Waals surface area (Å²) in [6.07, 6.45) is -6.48. The van der Waals surface area contributed by atoms with Crippen molar-refractivity contribution in [2.24, 2.45) is 0 Å². The second kappa shape index (κ2) is 14.1. The summed E-state index contributed by atoms with van der Waals surface area (Å²) >= 11 is 0. The number of amides is 2. The number of hydrogen-bond donors (Lipinski definition) is 2. The van der Waals surface area contributed by atoms with Crippen molar-refractivity contribution in [1.29, 1.82) is 0 Å². The van der Waals surface area contributed by atoms with Crippen LogP contribution in [0.15, 0.2) is 42.5 Å². The molecule has 1 atom stereocenters. The third kappa shape index (κ3) is 8.19. The van der Waals surface area contributed by atoms with E-state index in [-0.39, 0.29) is 29.4 Å². The average Bonchev–Trinajstić information content (AvgIpc) is 3.44. The van der Waals surface area contributed by atoms with Crippen LogP contribution < -0.4 is 10.1 Å². The minimum absolute atomic E-state index is 0.00976. The zero-order chi connectivity index (χ0) is 35.4. The lowest BCUT2D eigenvalue weighted by atomic mass is 9.97. The van der Waals surface area contributed by atoms with Gasteiger partial charge < -0.3 is 24.8 Å². The average molecular weight is 695 g/mol. The summed E-state index contributed by atoms with van der Waals surface area (Å²) in [5.74, 6) is -30.0. The molecule has 0 saturated carbocycles. The van der Waals surface area contributed by atoms with Crippen LogP contribution in [-0.2, 0) is 28.8 Å². The number of carbonyl (C=O) groups is 2. The largest absolute Gasteiger partial charge is 0.492 e. The van der Waals surface area contributed by atoms with Gasteiger partial charge in [-0.1, -0.05) is 18.2 Å². The number of anilines is 1. The molecule has 2 aromatic carbocycles. The maximum absolute atomic E-state index is 14.7. The summed E-state index contributed by atoms with van der Waals surface area (Å²) in [5, 5.41) is 11.3. The summed E-state index contributed by atoms with van der Waals surface area (Å²) in [7, 11) is 0. The van der Waals surface area contributed by atoms with Gasteiger partial charge in [0.25, 0.3) is 0 Å². The van der Waals surface area contributed by atoms with Crippen LogP contribution in [-0.4, -0.2) is 84.3 Å². The number of aryl methyl sites for hydroxylation is 2. The highest BCUT2D eigenvalue weighted by molar-refractivity contribution is 5.89. The fourth-order valence-electron chi connectivity index (χ4n) is 4.68. The van der Waals surface area contributed by atoms with Crippen LogP contribution in [0.5, 0.6) is 5.75 Å². The van der Waals surface area contributed by atoms with Crippen LogP contribution in [0.25, 0.3) is 0 Å². The normalized spacial score (nSPS) is 14.8. The Balaban J connectivity index is 1.81. The predicted octanol–water partition coefficient (Wildman–Crippen LogP) is 7.22. The number of benzene rings is 2. The molecule has 7 nitrogen and oxygen atoms in total. The first kappa shape index (κ1) is 37.6. The van der Waals surface area contributed by atoms with E-state index in [0.717, 1.165) is 17.5 Å². The van der Waals surface area contributed by atoms with Gasteiger partial charge in [-0.05, 0) is 67.1 Å². The Hall–Kier alpha value is -3.83. The van der Waals surface area contributed by atoms with Crippen LogP contribution in [0.2, 0.25) is 0 Å². The number of fused-ring (bicyclic) bond motifs is 1. The molecule has 0 aliphatic heterocycles. The SMILES string of the molecule is CCOC(Cc1ccc(OCCN(CC(F)(F)C(F)(F)C(F)(F)C(F)(F)C(F)(F)F)C(=O)Nc2ccc3c(c2)CCC3)cc1)C(=O)O. The van der Waals surface area contributed by atoms with Gasteiger partial charge in [0.1, 0.15) is 12.4 Å². The van der Waals surface area contributed by atoms with Gasteiger partial charge in [-0.15, -0.1) is 0 Å². The number of nitrogens with one attached hydrogen (secondary N) is 1. The molecule has 1 aliphatic rings. The second-order valence-electron chi connectivity index (χ2n) is 10.6. The van der Waals surface area contributed by atoms with E-state index in [4.69, 9.17) is 9.47 Å². The predicted molar refractivity (Wildman–Crippen MR) is 144 cm³/mol. The Labute approximate surface area is 260 Å². The lowest BCUT2D eigenvalue weighted by Crippen LogP contribution is -2.68. The quantitative estimate of drug-likeness (QED) is 0.192. The Morgan fingerprint density at radius 1 is 0.872 bits per heavy atom. The Bertz CT molecular complexity index is 1400. The summed E-state index contributed by atoms with van der Waals surface area (Å²) in [6.45, 7) is -2.84. The molecule has 0 bridgehead atoms. The first-order valence-electron chi connectivity index (χ1n) is 14.0. The number of nitrogens with zero attached hydrogens (tertiary/aromatic N) is 1. The van der Waals surface area contributed by atoms with Gasteiger partial charge in [0.2, 0.25) is 0 Å².